The Bertz CT molecular complexity index is 1290. The summed E-state index contributed by atoms with van der Waals surface area (Å²) in [6.45, 7) is 0. The Hall–Kier alpha value is -1.26. The molecular weight excluding hydrogens is 645 g/mol. The topological polar surface area (TPSA) is 46.2 Å². The van der Waals surface area contributed by atoms with E-state index in [-0.39, 0.29) is 10.8 Å². The third kappa shape index (κ3) is 11.1. The van der Waals surface area contributed by atoms with Crippen LogP contribution in [0, 0.1) is 11.5 Å². The van der Waals surface area contributed by atoms with E-state index in [4.69, 9.17) is 58.0 Å². The molecule has 13 heteroatoms. The van der Waals surface area contributed by atoms with Gasteiger partial charge >= 0.3 is 6.18 Å². The first-order valence-electron chi connectivity index (χ1n) is 10.1. The van der Waals surface area contributed by atoms with Crippen LogP contribution in [0.15, 0.2) is 54.6 Å². The lowest BCUT2D eigenvalue weighted by molar-refractivity contribution is -0.137. The summed E-state index contributed by atoms with van der Waals surface area (Å²) in [6.07, 6.45) is -5.28. The van der Waals surface area contributed by atoms with Crippen molar-refractivity contribution in [3.05, 3.63) is 108 Å². The average molecular weight is 659 g/mol. The number of carbonyl (C=O) groups is 2. The Balaban J connectivity index is 0.000000423. The van der Waals surface area contributed by atoms with Crippen molar-refractivity contribution < 1.29 is 22.8 Å². The Kier molecular flexibility index (Phi) is 13.4. The Morgan fingerprint density at radius 3 is 1.89 bits per heavy atom. The van der Waals surface area contributed by atoms with Crippen LogP contribution in [0.1, 0.15) is 23.1 Å². The molecular formula is C25H14Cl5F3NO2S2. The number of carbonyl (C=O) groups excluding carboxylic acids is 2. The number of benzene rings is 3. The van der Waals surface area contributed by atoms with E-state index in [0.717, 1.165) is 17.8 Å². The van der Waals surface area contributed by atoms with Crippen molar-refractivity contribution in [2.45, 2.75) is 12.6 Å². The Labute approximate surface area is 252 Å². The SMILES string of the molecule is O=C(CS[C]c1ccc(Cl)cc1Cl)CC(=O)Nc1ccc(Cl)cc1C(F)(F)F.[S][C]c1ccc(Cl)cc1Cl. The first-order valence-corrected chi connectivity index (χ1v) is 13.4. The molecule has 3 nitrogen and oxygen atoms in total. The molecule has 3 rings (SSSR count). The van der Waals surface area contributed by atoms with E-state index in [1.807, 2.05) is 0 Å². The molecule has 199 valence electrons. The zero-order valence-electron chi connectivity index (χ0n) is 18.8. The van der Waals surface area contributed by atoms with Gasteiger partial charge in [0.15, 0.2) is 5.78 Å². The van der Waals surface area contributed by atoms with Gasteiger partial charge in [0.2, 0.25) is 5.91 Å². The minimum atomic E-state index is -4.70. The zero-order chi connectivity index (χ0) is 28.5. The fourth-order valence-electron chi connectivity index (χ4n) is 2.62. The molecule has 0 aliphatic carbocycles. The van der Waals surface area contributed by atoms with Gasteiger partial charge in [0.25, 0.3) is 0 Å². The van der Waals surface area contributed by atoms with E-state index in [2.05, 4.69) is 29.5 Å². The van der Waals surface area contributed by atoms with E-state index < -0.39 is 35.5 Å². The van der Waals surface area contributed by atoms with E-state index in [1.54, 1.807) is 30.3 Å². The van der Waals surface area contributed by atoms with Crippen LogP contribution >= 0.6 is 82.4 Å². The highest BCUT2D eigenvalue weighted by molar-refractivity contribution is 8.02. The summed E-state index contributed by atoms with van der Waals surface area (Å²) >= 11 is 34.2. The van der Waals surface area contributed by atoms with Crippen molar-refractivity contribution in [2.24, 2.45) is 0 Å². The molecule has 0 aromatic heterocycles. The summed E-state index contributed by atoms with van der Waals surface area (Å²) in [6, 6.07) is 12.8. The third-order valence-corrected chi connectivity index (χ3v) is 6.69. The molecule has 1 N–H and O–H groups in total. The quantitative estimate of drug-likeness (QED) is 0.245. The molecule has 0 unspecified atom stereocenters. The fourth-order valence-corrected chi connectivity index (χ4v) is 4.67. The van der Waals surface area contributed by atoms with Crippen LogP contribution in [-0.2, 0) is 15.8 Å². The highest BCUT2D eigenvalue weighted by Gasteiger charge is 2.34. The van der Waals surface area contributed by atoms with Crippen LogP contribution in [0.5, 0.6) is 0 Å². The molecule has 0 atom stereocenters. The van der Waals surface area contributed by atoms with Crippen LogP contribution in [0.25, 0.3) is 0 Å². The van der Waals surface area contributed by atoms with E-state index in [1.165, 1.54) is 12.1 Å². The van der Waals surface area contributed by atoms with Gasteiger partial charge in [-0.05, 0) is 53.6 Å². The van der Waals surface area contributed by atoms with E-state index in [0.29, 0.717) is 37.3 Å². The van der Waals surface area contributed by atoms with Gasteiger partial charge in [-0.3, -0.25) is 9.59 Å². The number of halogens is 8. The van der Waals surface area contributed by atoms with Gasteiger partial charge in [-0.1, -0.05) is 82.8 Å². The molecule has 0 heterocycles. The summed E-state index contributed by atoms with van der Waals surface area (Å²) in [7, 11) is 0. The number of thioether (sulfide) groups is 1. The van der Waals surface area contributed by atoms with Gasteiger partial charge in [0.05, 0.1) is 34.9 Å². The maximum absolute atomic E-state index is 13.0. The van der Waals surface area contributed by atoms with Crippen LogP contribution in [0.3, 0.4) is 0 Å². The first-order chi connectivity index (χ1) is 17.8. The minimum absolute atomic E-state index is 0.0981. The number of rotatable bonds is 8. The van der Waals surface area contributed by atoms with Crippen LogP contribution in [0.4, 0.5) is 18.9 Å². The number of amides is 1. The van der Waals surface area contributed by atoms with Gasteiger partial charge in [0, 0.05) is 25.1 Å². The average Bonchev–Trinajstić information content (AvgIpc) is 2.81. The fraction of sp³-hybridized carbons (Fsp3) is 0.120. The van der Waals surface area contributed by atoms with Gasteiger partial charge in [-0.25, -0.2) is 0 Å². The molecule has 3 aromatic rings. The van der Waals surface area contributed by atoms with Crippen molar-refractivity contribution in [1.29, 1.82) is 0 Å². The van der Waals surface area contributed by atoms with Crippen LogP contribution in [-0.4, -0.2) is 17.4 Å². The maximum atomic E-state index is 13.0. The first kappa shape index (κ1) is 32.9. The van der Waals surface area contributed by atoms with Crippen molar-refractivity contribution in [3.8, 4) is 0 Å². The predicted molar refractivity (Wildman–Crippen MR) is 152 cm³/mol. The highest BCUT2D eigenvalue weighted by Crippen LogP contribution is 2.36. The van der Waals surface area contributed by atoms with Crippen molar-refractivity contribution in [1.82, 2.24) is 0 Å². The van der Waals surface area contributed by atoms with Crippen LogP contribution in [0.2, 0.25) is 25.1 Å². The number of ketones is 1. The second kappa shape index (κ2) is 15.5. The summed E-state index contributed by atoms with van der Waals surface area (Å²) < 4.78 is 39.1. The smallest absolute Gasteiger partial charge is 0.325 e. The van der Waals surface area contributed by atoms with Crippen molar-refractivity contribution in [2.75, 3.05) is 11.1 Å². The van der Waals surface area contributed by atoms with Gasteiger partial charge in [-0.15, -0.1) is 11.8 Å². The van der Waals surface area contributed by atoms with Gasteiger partial charge < -0.3 is 5.32 Å². The van der Waals surface area contributed by atoms with Crippen molar-refractivity contribution in [3.63, 3.8) is 0 Å². The Morgan fingerprint density at radius 1 is 0.842 bits per heavy atom. The number of Topliss-reactive ketones (excluding diaryl/α,β-unsaturated/α-hetero) is 1. The molecule has 0 spiro atoms. The molecule has 0 saturated carbocycles. The standard InChI is InChI=1S/C18H11Cl3F3NO2S.C7H3Cl2S/c19-11-3-4-16(14(5-11)18(22,23)24)25-17(27)7-13(26)9-28-8-10-1-2-12(20)6-15(10)21;8-6-2-1-5(4-10)7(9)3-6/h1-6H,7,9H2,(H,25,27);1-3H. The lowest BCUT2D eigenvalue weighted by Crippen LogP contribution is -2.20. The molecule has 1 amide bonds. The normalized spacial score (nSPS) is 11.0. The highest BCUT2D eigenvalue weighted by atomic mass is 35.5. The lowest BCUT2D eigenvalue weighted by atomic mass is 10.1. The summed E-state index contributed by atoms with van der Waals surface area (Å²) in [5.74, 6) is 3.91. The minimum Gasteiger partial charge on any atom is -0.325 e. The molecule has 5 radical (unpaired) electrons. The number of nitrogens with one attached hydrogen (secondary N) is 1. The molecule has 0 aliphatic heterocycles. The van der Waals surface area contributed by atoms with Crippen molar-refractivity contribution >= 4 is 99.8 Å². The monoisotopic (exact) mass is 656 g/mol. The molecule has 38 heavy (non-hydrogen) atoms. The molecule has 0 saturated heterocycles. The molecule has 0 fully saturated rings. The second-order valence-electron chi connectivity index (χ2n) is 7.19. The molecule has 0 aliphatic rings. The number of alkyl halides is 3. The summed E-state index contributed by atoms with van der Waals surface area (Å²) in [4.78, 5) is 23.8. The third-order valence-electron chi connectivity index (χ3n) is 4.31. The largest absolute Gasteiger partial charge is 0.418 e. The predicted octanol–water partition coefficient (Wildman–Crippen LogP) is 9.96. The maximum Gasteiger partial charge on any atom is 0.418 e. The lowest BCUT2D eigenvalue weighted by Gasteiger charge is -2.14. The second-order valence-corrected chi connectivity index (χ2v) is 10.3. The van der Waals surface area contributed by atoms with Gasteiger partial charge in [-0.2, -0.15) is 13.2 Å². The van der Waals surface area contributed by atoms with Crippen LogP contribution < -0.4 is 5.32 Å². The molecule has 0 bridgehead atoms. The number of hydrogen-bond donors (Lipinski definition) is 1. The van der Waals surface area contributed by atoms with E-state index >= 15 is 0 Å². The summed E-state index contributed by atoms with van der Waals surface area (Å²) in [5, 5.41) is 3.94. The zero-order valence-corrected chi connectivity index (χ0v) is 24.2. The van der Waals surface area contributed by atoms with E-state index in [9.17, 15) is 22.8 Å². The number of hydrogen-bond acceptors (Lipinski definition) is 3. The summed E-state index contributed by atoms with van der Waals surface area (Å²) in [5.41, 5.74) is -0.312. The number of anilines is 1. The molecule has 3 aromatic carbocycles. The van der Waals surface area contributed by atoms with Gasteiger partial charge in [0.1, 0.15) is 0 Å². The Morgan fingerprint density at radius 2 is 1.37 bits per heavy atom.